The maximum absolute atomic E-state index is 12.2. The van der Waals surface area contributed by atoms with Gasteiger partial charge in [0, 0.05) is 24.9 Å². The topological polar surface area (TPSA) is 154 Å². The minimum absolute atomic E-state index is 0.0926. The van der Waals surface area contributed by atoms with Crippen molar-refractivity contribution in [2.75, 3.05) is 19.9 Å². The third-order valence-corrected chi connectivity index (χ3v) is 5.48. The lowest BCUT2D eigenvalue weighted by Crippen LogP contribution is -2.66. The van der Waals surface area contributed by atoms with Gasteiger partial charge < -0.3 is 30.8 Å². The predicted molar refractivity (Wildman–Crippen MR) is 119 cm³/mol. The molecular weight excluding hydrogens is 400 g/mol. The molecule has 7 N–H and O–H groups in total. The summed E-state index contributed by atoms with van der Waals surface area (Å²) in [5, 5.41) is 32.5. The van der Waals surface area contributed by atoms with E-state index in [1.54, 1.807) is 13.1 Å². The van der Waals surface area contributed by atoms with Crippen LogP contribution in [0, 0.1) is 0 Å². The Balaban J connectivity index is 2.48. The molecular formula is C22H42N4O5. The monoisotopic (exact) mass is 442 g/mol. The van der Waals surface area contributed by atoms with Crippen LogP contribution in [0.1, 0.15) is 76.7 Å². The molecule has 9 heteroatoms. The van der Waals surface area contributed by atoms with Gasteiger partial charge >= 0.3 is 5.97 Å². The number of nitrogens with zero attached hydrogens (tertiary/aromatic N) is 1. The third-order valence-electron chi connectivity index (χ3n) is 5.48. The van der Waals surface area contributed by atoms with Gasteiger partial charge in [0.1, 0.15) is 11.9 Å². The standard InChI is InChI=1S/C22H42N4O5/c1-3-5-6-7-8-9-10-11-19-25-14-17(26-19)12-13-18(28)20(29)22(23,15-24-16-27)21(30)31-4-2/h14,18,20,24,27-29H,3-13,15-16,23H2,1-2H3,(H,25,26). The van der Waals surface area contributed by atoms with E-state index in [0.717, 1.165) is 24.4 Å². The number of aryl methyl sites for hydroxylation is 2. The van der Waals surface area contributed by atoms with Gasteiger partial charge in [0.05, 0.1) is 19.4 Å². The van der Waals surface area contributed by atoms with Gasteiger partial charge in [-0.1, -0.05) is 45.4 Å². The quantitative estimate of drug-likeness (QED) is 0.112. The van der Waals surface area contributed by atoms with E-state index in [1.807, 2.05) is 0 Å². The number of hydrogen-bond donors (Lipinski definition) is 6. The maximum atomic E-state index is 12.2. The van der Waals surface area contributed by atoms with Crippen molar-refractivity contribution < 1.29 is 24.9 Å². The summed E-state index contributed by atoms with van der Waals surface area (Å²) < 4.78 is 4.94. The minimum atomic E-state index is -1.87. The van der Waals surface area contributed by atoms with Crippen LogP contribution >= 0.6 is 0 Å². The summed E-state index contributed by atoms with van der Waals surface area (Å²) >= 11 is 0. The van der Waals surface area contributed by atoms with Crippen molar-refractivity contribution in [1.82, 2.24) is 15.3 Å². The largest absolute Gasteiger partial charge is 0.465 e. The molecule has 1 rings (SSSR count). The molecule has 1 heterocycles. The van der Waals surface area contributed by atoms with E-state index in [9.17, 15) is 15.0 Å². The summed E-state index contributed by atoms with van der Waals surface area (Å²) in [6.45, 7) is 3.29. The molecule has 0 aromatic carbocycles. The molecule has 0 aliphatic carbocycles. The summed E-state index contributed by atoms with van der Waals surface area (Å²) in [5.41, 5.74) is 5.05. The van der Waals surface area contributed by atoms with Crippen LogP contribution in [-0.4, -0.2) is 68.9 Å². The molecule has 0 bridgehead atoms. The normalized spacial score (nSPS) is 15.4. The number of aliphatic hydroxyl groups is 3. The van der Waals surface area contributed by atoms with E-state index in [0.29, 0.717) is 6.42 Å². The van der Waals surface area contributed by atoms with Gasteiger partial charge in [0.15, 0.2) is 5.54 Å². The van der Waals surface area contributed by atoms with Crippen LogP contribution < -0.4 is 11.1 Å². The Kier molecular flexibility index (Phi) is 13.6. The summed E-state index contributed by atoms with van der Waals surface area (Å²) in [6, 6.07) is 0. The molecule has 1 aromatic heterocycles. The molecule has 0 aliphatic heterocycles. The maximum Gasteiger partial charge on any atom is 0.330 e. The second-order valence-corrected chi connectivity index (χ2v) is 8.12. The zero-order valence-electron chi connectivity index (χ0n) is 19.1. The van der Waals surface area contributed by atoms with Gasteiger partial charge in [0.25, 0.3) is 0 Å². The molecule has 0 fully saturated rings. The van der Waals surface area contributed by atoms with Crippen LogP contribution in [0.25, 0.3) is 0 Å². The average molecular weight is 443 g/mol. The van der Waals surface area contributed by atoms with Gasteiger partial charge in [-0.05, 0) is 26.2 Å². The first-order valence-electron chi connectivity index (χ1n) is 11.6. The lowest BCUT2D eigenvalue weighted by molar-refractivity contribution is -0.158. The predicted octanol–water partition coefficient (Wildman–Crippen LogP) is 1.16. The number of carbonyl (C=O) groups is 1. The van der Waals surface area contributed by atoms with Gasteiger partial charge in [-0.15, -0.1) is 0 Å². The van der Waals surface area contributed by atoms with Crippen molar-refractivity contribution in [3.8, 4) is 0 Å². The summed E-state index contributed by atoms with van der Waals surface area (Å²) in [6.07, 6.45) is 9.19. The minimum Gasteiger partial charge on any atom is -0.465 e. The van der Waals surface area contributed by atoms with Gasteiger partial charge in [0.2, 0.25) is 0 Å². The lowest BCUT2D eigenvalue weighted by Gasteiger charge is -2.34. The highest BCUT2D eigenvalue weighted by molar-refractivity contribution is 5.82. The van der Waals surface area contributed by atoms with Gasteiger partial charge in [-0.3, -0.25) is 5.32 Å². The van der Waals surface area contributed by atoms with Crippen molar-refractivity contribution in [1.29, 1.82) is 0 Å². The molecule has 0 amide bonds. The van der Waals surface area contributed by atoms with Crippen molar-refractivity contribution in [2.45, 2.75) is 95.8 Å². The van der Waals surface area contributed by atoms with Gasteiger partial charge in [-0.2, -0.15) is 0 Å². The number of carbonyl (C=O) groups excluding carboxylic acids is 1. The van der Waals surface area contributed by atoms with Gasteiger partial charge in [-0.25, -0.2) is 9.78 Å². The number of aliphatic hydroxyl groups excluding tert-OH is 3. The number of imidazole rings is 1. The molecule has 0 saturated heterocycles. The number of H-pyrrole nitrogens is 1. The molecule has 3 atom stereocenters. The Bertz CT molecular complexity index is 612. The smallest absolute Gasteiger partial charge is 0.330 e. The second-order valence-electron chi connectivity index (χ2n) is 8.12. The lowest BCUT2D eigenvalue weighted by atomic mass is 9.87. The van der Waals surface area contributed by atoms with Crippen molar-refractivity contribution >= 4 is 5.97 Å². The number of nitrogens with one attached hydrogen (secondary N) is 2. The van der Waals surface area contributed by atoms with Crippen LogP contribution in [0.4, 0.5) is 0 Å². The van der Waals surface area contributed by atoms with E-state index >= 15 is 0 Å². The Morgan fingerprint density at radius 2 is 1.87 bits per heavy atom. The third kappa shape index (κ3) is 9.65. The average Bonchev–Trinajstić information content (AvgIpc) is 3.22. The van der Waals surface area contributed by atoms with Crippen molar-refractivity contribution in [3.63, 3.8) is 0 Å². The van der Waals surface area contributed by atoms with E-state index < -0.39 is 30.4 Å². The van der Waals surface area contributed by atoms with E-state index in [-0.39, 0.29) is 19.6 Å². The highest BCUT2D eigenvalue weighted by atomic mass is 16.5. The fourth-order valence-electron chi connectivity index (χ4n) is 3.54. The number of nitrogens with two attached hydrogens (primary N) is 1. The number of rotatable bonds is 18. The zero-order chi connectivity index (χ0) is 23.1. The molecule has 0 spiro atoms. The first-order chi connectivity index (χ1) is 14.9. The Morgan fingerprint density at radius 3 is 2.52 bits per heavy atom. The highest BCUT2D eigenvalue weighted by Crippen LogP contribution is 2.17. The Hall–Kier alpha value is -1.52. The number of aromatic amines is 1. The number of hydrogen-bond acceptors (Lipinski definition) is 8. The second kappa shape index (κ2) is 15.3. The first kappa shape index (κ1) is 27.5. The zero-order valence-corrected chi connectivity index (χ0v) is 19.1. The molecule has 1 aromatic rings. The SMILES string of the molecule is CCCCCCCCCc1ncc(CCC(O)C(O)C(N)(CNCO)C(=O)OCC)[nH]1. The highest BCUT2D eigenvalue weighted by Gasteiger charge is 2.45. The van der Waals surface area contributed by atoms with Crippen LogP contribution in [0.2, 0.25) is 0 Å². The molecule has 9 nitrogen and oxygen atoms in total. The first-order valence-corrected chi connectivity index (χ1v) is 11.6. The number of aromatic nitrogens is 2. The van der Waals surface area contributed by atoms with E-state index in [4.69, 9.17) is 15.6 Å². The van der Waals surface area contributed by atoms with Crippen LogP contribution in [0.15, 0.2) is 6.20 Å². The van der Waals surface area contributed by atoms with Crippen molar-refractivity contribution in [2.24, 2.45) is 5.73 Å². The van der Waals surface area contributed by atoms with E-state index in [2.05, 4.69) is 22.2 Å². The van der Waals surface area contributed by atoms with E-state index in [1.165, 1.54) is 38.5 Å². The molecule has 31 heavy (non-hydrogen) atoms. The fraction of sp³-hybridized carbons (Fsp3) is 0.818. The Labute approximate surface area is 185 Å². The van der Waals surface area contributed by atoms with Crippen molar-refractivity contribution in [3.05, 3.63) is 17.7 Å². The molecule has 0 aliphatic rings. The number of ether oxygens (including phenoxy) is 1. The molecule has 0 saturated carbocycles. The van der Waals surface area contributed by atoms with Crippen LogP contribution in [0.5, 0.6) is 0 Å². The molecule has 180 valence electrons. The van der Waals surface area contributed by atoms with Crippen LogP contribution in [0.3, 0.4) is 0 Å². The van der Waals surface area contributed by atoms with Crippen LogP contribution in [-0.2, 0) is 22.4 Å². The Morgan fingerprint density at radius 1 is 1.19 bits per heavy atom. The fourth-order valence-corrected chi connectivity index (χ4v) is 3.54. The summed E-state index contributed by atoms with van der Waals surface area (Å²) in [4.78, 5) is 19.9. The summed E-state index contributed by atoms with van der Waals surface area (Å²) in [5.74, 6) is 0.0893. The molecule has 3 unspecified atom stereocenters. The summed E-state index contributed by atoms with van der Waals surface area (Å²) in [7, 11) is 0. The molecule has 0 radical (unpaired) electrons. The number of unbranched alkanes of at least 4 members (excludes halogenated alkanes) is 6. The number of esters is 1.